The molecule has 29 heavy (non-hydrogen) atoms. The van der Waals surface area contributed by atoms with Crippen LogP contribution in [0, 0.1) is 5.41 Å². The van der Waals surface area contributed by atoms with Crippen LogP contribution in [0.2, 0.25) is 0 Å². The van der Waals surface area contributed by atoms with Gasteiger partial charge in [-0.05, 0) is 81.6 Å². The lowest BCUT2D eigenvalue weighted by molar-refractivity contribution is 0.0773. The van der Waals surface area contributed by atoms with Crippen LogP contribution >= 0.6 is 0 Å². The van der Waals surface area contributed by atoms with Gasteiger partial charge >= 0.3 is 0 Å². The van der Waals surface area contributed by atoms with E-state index in [2.05, 4.69) is 0 Å². The van der Waals surface area contributed by atoms with Crippen molar-refractivity contribution in [1.82, 2.24) is 4.90 Å². The molecule has 0 aliphatic rings. The molecule has 6 heteroatoms. The molecule has 0 aliphatic heterocycles. The summed E-state index contributed by atoms with van der Waals surface area (Å²) in [5.41, 5.74) is 6.82. The summed E-state index contributed by atoms with van der Waals surface area (Å²) in [6, 6.07) is 14.6. The molecule has 0 aliphatic carbocycles. The molecule has 0 heterocycles. The summed E-state index contributed by atoms with van der Waals surface area (Å²) in [4.78, 5) is 14.1. The maximum atomic E-state index is 12.3. The molecule has 0 saturated carbocycles. The Hall–Kier alpha value is -3.02. The summed E-state index contributed by atoms with van der Waals surface area (Å²) >= 11 is 0. The highest BCUT2D eigenvalue weighted by Gasteiger charge is 2.11. The molecule has 2 aromatic rings. The first-order chi connectivity index (χ1) is 14.0. The fourth-order valence-corrected chi connectivity index (χ4v) is 2.88. The Morgan fingerprint density at radius 3 is 1.69 bits per heavy atom. The van der Waals surface area contributed by atoms with Crippen LogP contribution in [0.1, 0.15) is 49.0 Å². The second kappa shape index (κ2) is 11.7. The molecule has 2 rings (SSSR count). The number of hydrogen-bond donors (Lipinski definition) is 2. The Bertz CT molecular complexity index is 769. The average Bonchev–Trinajstić information content (AvgIpc) is 2.74. The zero-order valence-corrected chi connectivity index (χ0v) is 17.3. The van der Waals surface area contributed by atoms with E-state index in [-0.39, 0.29) is 11.7 Å². The lowest BCUT2D eigenvalue weighted by Crippen LogP contribution is -2.30. The summed E-state index contributed by atoms with van der Waals surface area (Å²) in [5, 5.41) is 7.37. The number of carbonyl (C=O) groups is 1. The molecule has 1 amide bonds. The van der Waals surface area contributed by atoms with Crippen molar-refractivity contribution < 1.29 is 14.3 Å². The number of benzene rings is 2. The van der Waals surface area contributed by atoms with E-state index in [4.69, 9.17) is 20.6 Å². The van der Waals surface area contributed by atoms with E-state index in [1.165, 1.54) is 0 Å². The van der Waals surface area contributed by atoms with Crippen LogP contribution in [0.25, 0.3) is 0 Å². The molecule has 0 saturated heterocycles. The molecule has 156 valence electrons. The quantitative estimate of drug-likeness (QED) is 0.321. The van der Waals surface area contributed by atoms with Gasteiger partial charge in [0, 0.05) is 24.2 Å². The number of hydrogen-bond acceptors (Lipinski definition) is 4. The van der Waals surface area contributed by atoms with Crippen molar-refractivity contribution in [3.63, 3.8) is 0 Å². The summed E-state index contributed by atoms with van der Waals surface area (Å²) in [6.45, 7) is 6.66. The first-order valence-electron chi connectivity index (χ1n) is 10.1. The monoisotopic (exact) mass is 397 g/mol. The fourth-order valence-electron chi connectivity index (χ4n) is 2.88. The van der Waals surface area contributed by atoms with Crippen molar-refractivity contribution in [1.29, 1.82) is 5.41 Å². The minimum Gasteiger partial charge on any atom is -0.494 e. The molecule has 0 spiro atoms. The van der Waals surface area contributed by atoms with Gasteiger partial charge in [-0.1, -0.05) is 0 Å². The van der Waals surface area contributed by atoms with E-state index in [9.17, 15) is 4.79 Å². The van der Waals surface area contributed by atoms with E-state index in [0.717, 1.165) is 30.8 Å². The first kappa shape index (κ1) is 22.3. The Balaban J connectivity index is 1.61. The van der Waals surface area contributed by atoms with Gasteiger partial charge in [0.25, 0.3) is 5.91 Å². The lowest BCUT2D eigenvalue weighted by Gasteiger charge is -2.18. The van der Waals surface area contributed by atoms with Gasteiger partial charge < -0.3 is 20.1 Å². The number of nitrogens with two attached hydrogens (primary N) is 1. The largest absolute Gasteiger partial charge is 0.494 e. The second-order valence-corrected chi connectivity index (χ2v) is 6.70. The van der Waals surface area contributed by atoms with Gasteiger partial charge in [-0.25, -0.2) is 0 Å². The fraction of sp³-hybridized carbons (Fsp3) is 0.391. The zero-order chi connectivity index (χ0) is 21.1. The Morgan fingerprint density at radius 1 is 0.828 bits per heavy atom. The average molecular weight is 398 g/mol. The van der Waals surface area contributed by atoms with Crippen LogP contribution < -0.4 is 15.2 Å². The molecule has 0 aromatic heterocycles. The third-order valence-electron chi connectivity index (χ3n) is 4.64. The second-order valence-electron chi connectivity index (χ2n) is 6.70. The number of amides is 1. The van der Waals surface area contributed by atoms with E-state index in [0.29, 0.717) is 37.4 Å². The van der Waals surface area contributed by atoms with E-state index < -0.39 is 0 Å². The Kier molecular flexibility index (Phi) is 9.02. The van der Waals surface area contributed by atoms with Crippen LogP contribution in [0.15, 0.2) is 48.5 Å². The first-order valence-corrected chi connectivity index (χ1v) is 10.1. The summed E-state index contributed by atoms with van der Waals surface area (Å²) in [7, 11) is 0. The zero-order valence-electron chi connectivity index (χ0n) is 17.3. The van der Waals surface area contributed by atoms with Gasteiger partial charge in [0.15, 0.2) is 0 Å². The molecule has 0 radical (unpaired) electrons. The smallest absolute Gasteiger partial charge is 0.253 e. The van der Waals surface area contributed by atoms with Gasteiger partial charge in [0.2, 0.25) is 0 Å². The van der Waals surface area contributed by atoms with Crippen LogP contribution in [-0.4, -0.2) is 42.9 Å². The maximum Gasteiger partial charge on any atom is 0.253 e. The summed E-state index contributed by atoms with van der Waals surface area (Å²) in [5.74, 6) is 1.67. The van der Waals surface area contributed by atoms with Crippen LogP contribution in [0.3, 0.4) is 0 Å². The van der Waals surface area contributed by atoms with E-state index >= 15 is 0 Å². The van der Waals surface area contributed by atoms with Gasteiger partial charge in [-0.15, -0.1) is 0 Å². The van der Waals surface area contributed by atoms with Crippen molar-refractivity contribution in [2.24, 2.45) is 5.73 Å². The molecule has 2 aromatic carbocycles. The highest BCUT2D eigenvalue weighted by atomic mass is 16.5. The van der Waals surface area contributed by atoms with Gasteiger partial charge in [-0.3, -0.25) is 10.2 Å². The number of nitrogens with zero attached hydrogens (tertiary/aromatic N) is 1. The molecule has 3 N–H and O–H groups in total. The van der Waals surface area contributed by atoms with Gasteiger partial charge in [-0.2, -0.15) is 0 Å². The molecular formula is C23H31N3O3. The number of nitrogens with one attached hydrogen (secondary N) is 1. The normalized spacial score (nSPS) is 10.4. The van der Waals surface area contributed by atoms with Crippen LogP contribution in [-0.2, 0) is 0 Å². The van der Waals surface area contributed by atoms with Gasteiger partial charge in [0.05, 0.1) is 13.2 Å². The van der Waals surface area contributed by atoms with Crippen LogP contribution in [0.5, 0.6) is 11.5 Å². The third-order valence-corrected chi connectivity index (χ3v) is 4.64. The molecule has 6 nitrogen and oxygen atoms in total. The minimum absolute atomic E-state index is 0.0532. The molecule has 0 atom stereocenters. The standard InChI is InChI=1S/C23H31N3O3/c1-3-26(4-2)23(27)19-10-14-21(15-11-19)29-17-7-5-6-16-28-20-12-8-18(9-13-20)22(24)25/h8-15H,3-7,16-17H2,1-2H3,(H3,24,25). The summed E-state index contributed by atoms with van der Waals surface area (Å²) in [6.07, 6.45) is 2.88. The lowest BCUT2D eigenvalue weighted by atomic mass is 10.2. The van der Waals surface area contributed by atoms with Crippen molar-refractivity contribution in [3.05, 3.63) is 59.7 Å². The Morgan fingerprint density at radius 2 is 1.28 bits per heavy atom. The number of rotatable bonds is 12. The minimum atomic E-state index is 0.0532. The molecule has 0 bridgehead atoms. The number of amidine groups is 1. The predicted molar refractivity (Wildman–Crippen MR) is 116 cm³/mol. The topological polar surface area (TPSA) is 88.6 Å². The Labute approximate surface area is 173 Å². The van der Waals surface area contributed by atoms with Gasteiger partial charge in [0.1, 0.15) is 17.3 Å². The molecular weight excluding hydrogens is 366 g/mol. The highest BCUT2D eigenvalue weighted by Crippen LogP contribution is 2.15. The van der Waals surface area contributed by atoms with Crippen molar-refractivity contribution in [3.8, 4) is 11.5 Å². The highest BCUT2D eigenvalue weighted by molar-refractivity contribution is 5.95. The summed E-state index contributed by atoms with van der Waals surface area (Å²) < 4.78 is 11.4. The van der Waals surface area contributed by atoms with E-state index in [1.54, 1.807) is 17.0 Å². The number of carbonyl (C=O) groups excluding carboxylic acids is 1. The van der Waals surface area contributed by atoms with E-state index in [1.807, 2.05) is 50.2 Å². The molecule has 0 unspecified atom stereocenters. The van der Waals surface area contributed by atoms with Crippen LogP contribution in [0.4, 0.5) is 0 Å². The van der Waals surface area contributed by atoms with Crippen molar-refractivity contribution in [2.45, 2.75) is 33.1 Å². The molecule has 0 fully saturated rings. The van der Waals surface area contributed by atoms with Crippen molar-refractivity contribution in [2.75, 3.05) is 26.3 Å². The third kappa shape index (κ3) is 7.14. The number of ether oxygens (including phenoxy) is 2. The number of nitrogen functional groups attached to an aromatic ring is 1. The van der Waals surface area contributed by atoms with Crippen molar-refractivity contribution >= 4 is 11.7 Å². The predicted octanol–water partition coefficient (Wildman–Crippen LogP) is 4.08. The maximum absolute atomic E-state index is 12.3. The SMILES string of the molecule is CCN(CC)C(=O)c1ccc(OCCCCCOc2ccc(C(=N)N)cc2)cc1. The number of unbranched alkanes of at least 4 members (excludes halogenated alkanes) is 2.